The van der Waals surface area contributed by atoms with Crippen molar-refractivity contribution in [3.8, 4) is 0 Å². The predicted molar refractivity (Wildman–Crippen MR) is 119 cm³/mol. The Morgan fingerprint density at radius 1 is 1.19 bits per heavy atom. The molecule has 0 aromatic carbocycles. The number of hydrogen-bond acceptors (Lipinski definition) is 4. The van der Waals surface area contributed by atoms with Crippen LogP contribution in [0.2, 0.25) is 0 Å². The number of amides is 1. The minimum absolute atomic E-state index is 0. The molecule has 0 heterocycles. The van der Waals surface area contributed by atoms with Crippen LogP contribution >= 0.6 is 24.0 Å². The van der Waals surface area contributed by atoms with Gasteiger partial charge in [-0.25, -0.2) is 4.79 Å². The van der Waals surface area contributed by atoms with Crippen molar-refractivity contribution < 1.29 is 14.3 Å². The number of hydrogen-bond donors (Lipinski definition) is 3. The van der Waals surface area contributed by atoms with Crippen LogP contribution in [0.3, 0.4) is 0 Å². The molecule has 0 radical (unpaired) electrons. The lowest BCUT2D eigenvalue weighted by molar-refractivity contribution is -0.125. The summed E-state index contributed by atoms with van der Waals surface area (Å²) in [5.41, 5.74) is -0.214. The van der Waals surface area contributed by atoms with Gasteiger partial charge in [0.25, 0.3) is 0 Å². The fraction of sp³-hybridized carbons (Fsp3) is 0.895. The van der Waals surface area contributed by atoms with E-state index in [0.717, 1.165) is 19.0 Å². The molecule has 2 fully saturated rings. The minimum atomic E-state index is -0.480. The van der Waals surface area contributed by atoms with E-state index < -0.39 is 11.7 Å². The molecule has 3 N–H and O–H groups in total. The third-order valence-electron chi connectivity index (χ3n) is 5.31. The van der Waals surface area contributed by atoms with E-state index in [0.29, 0.717) is 25.2 Å². The Balaban J connectivity index is 0.00000364. The van der Waals surface area contributed by atoms with E-state index in [9.17, 15) is 4.79 Å². The molecule has 2 unspecified atom stereocenters. The van der Waals surface area contributed by atoms with Crippen LogP contribution in [-0.4, -0.2) is 56.5 Å². The van der Waals surface area contributed by atoms with Gasteiger partial charge in [-0.3, -0.25) is 4.99 Å². The van der Waals surface area contributed by atoms with Gasteiger partial charge in [-0.2, -0.15) is 0 Å². The second-order valence-electron chi connectivity index (χ2n) is 8.24. The molecule has 2 aliphatic rings. The van der Waals surface area contributed by atoms with Gasteiger partial charge in [0.15, 0.2) is 5.96 Å². The Morgan fingerprint density at radius 2 is 1.81 bits per heavy atom. The van der Waals surface area contributed by atoms with Crippen LogP contribution in [0.1, 0.15) is 59.8 Å². The fourth-order valence-corrected chi connectivity index (χ4v) is 4.11. The second kappa shape index (κ2) is 10.7. The average Bonchev–Trinajstić information content (AvgIpc) is 3.07. The molecule has 0 aliphatic heterocycles. The van der Waals surface area contributed by atoms with Crippen molar-refractivity contribution in [2.45, 2.75) is 77.5 Å². The van der Waals surface area contributed by atoms with Gasteiger partial charge in [0.2, 0.25) is 0 Å². The first-order valence-electron chi connectivity index (χ1n) is 9.86. The standard InChI is InChI=1S/C19H36N4O3.HI/c1-6-25-15-13-14(19(15)9-7-8-10-19)23-16(20-5)21-11-12-22-17(24)26-18(2,3)4;/h14-15H,6-13H2,1-5H3,(H,22,24)(H2,20,21,23);1H. The maximum absolute atomic E-state index is 11.7. The number of carbonyl (C=O) groups excluding carboxylic acids is 1. The summed E-state index contributed by atoms with van der Waals surface area (Å²) in [7, 11) is 1.77. The first-order chi connectivity index (χ1) is 12.3. The van der Waals surface area contributed by atoms with Crippen LogP contribution in [0.25, 0.3) is 0 Å². The van der Waals surface area contributed by atoms with Crippen LogP contribution < -0.4 is 16.0 Å². The molecule has 8 heteroatoms. The first kappa shape index (κ1) is 24.3. The van der Waals surface area contributed by atoms with Gasteiger partial charge in [0, 0.05) is 38.2 Å². The molecule has 0 aromatic heterocycles. The number of carbonyl (C=O) groups is 1. The molecule has 2 aliphatic carbocycles. The van der Waals surface area contributed by atoms with Crippen molar-refractivity contribution in [1.82, 2.24) is 16.0 Å². The molecule has 2 saturated carbocycles. The second-order valence-corrected chi connectivity index (χ2v) is 8.24. The third-order valence-corrected chi connectivity index (χ3v) is 5.31. The SMILES string of the molecule is CCOC1CC(NC(=NC)NCCNC(=O)OC(C)(C)C)C12CCCC2.I. The molecule has 1 amide bonds. The Hall–Kier alpha value is -0.770. The van der Waals surface area contributed by atoms with Crippen molar-refractivity contribution in [3.05, 3.63) is 0 Å². The number of halogens is 1. The van der Waals surface area contributed by atoms with Gasteiger partial charge in [0.05, 0.1) is 6.10 Å². The zero-order valence-corrected chi connectivity index (χ0v) is 19.7. The summed E-state index contributed by atoms with van der Waals surface area (Å²) in [6.07, 6.45) is 6.04. The topological polar surface area (TPSA) is 84.0 Å². The minimum Gasteiger partial charge on any atom is -0.444 e. The van der Waals surface area contributed by atoms with Crippen molar-refractivity contribution in [3.63, 3.8) is 0 Å². The number of aliphatic imine (C=N–C) groups is 1. The number of rotatable bonds is 6. The van der Waals surface area contributed by atoms with Crippen LogP contribution in [0.4, 0.5) is 4.79 Å². The maximum atomic E-state index is 11.7. The summed E-state index contributed by atoms with van der Waals surface area (Å²) in [5, 5.41) is 9.58. The zero-order chi connectivity index (χ0) is 19.2. The third kappa shape index (κ3) is 6.66. The highest BCUT2D eigenvalue weighted by Gasteiger charge is 2.56. The van der Waals surface area contributed by atoms with Crippen LogP contribution in [0, 0.1) is 5.41 Å². The monoisotopic (exact) mass is 496 g/mol. The lowest BCUT2D eigenvalue weighted by Gasteiger charge is -2.54. The lowest BCUT2D eigenvalue weighted by atomic mass is 9.60. The van der Waals surface area contributed by atoms with Crippen molar-refractivity contribution in [2.75, 3.05) is 26.7 Å². The summed E-state index contributed by atoms with van der Waals surface area (Å²) in [5.74, 6) is 0.780. The van der Waals surface area contributed by atoms with Gasteiger partial charge in [-0.15, -0.1) is 24.0 Å². The Labute approximate surface area is 180 Å². The van der Waals surface area contributed by atoms with E-state index >= 15 is 0 Å². The van der Waals surface area contributed by atoms with E-state index in [1.807, 2.05) is 20.8 Å². The summed E-state index contributed by atoms with van der Waals surface area (Å²) >= 11 is 0. The smallest absolute Gasteiger partial charge is 0.407 e. The molecule has 158 valence electrons. The molecular weight excluding hydrogens is 459 g/mol. The molecule has 2 rings (SSSR count). The zero-order valence-electron chi connectivity index (χ0n) is 17.4. The average molecular weight is 496 g/mol. The van der Waals surface area contributed by atoms with Crippen LogP contribution in [0.5, 0.6) is 0 Å². The molecule has 7 nitrogen and oxygen atoms in total. The molecule has 2 atom stereocenters. The van der Waals surface area contributed by atoms with Gasteiger partial charge in [-0.1, -0.05) is 12.8 Å². The maximum Gasteiger partial charge on any atom is 0.407 e. The predicted octanol–water partition coefficient (Wildman–Crippen LogP) is 3.03. The van der Waals surface area contributed by atoms with Crippen molar-refractivity contribution in [2.24, 2.45) is 10.4 Å². The molecule has 0 bridgehead atoms. The summed E-state index contributed by atoms with van der Waals surface area (Å²) in [6, 6.07) is 0.409. The fourth-order valence-electron chi connectivity index (χ4n) is 4.11. The van der Waals surface area contributed by atoms with E-state index in [1.54, 1.807) is 7.05 Å². The van der Waals surface area contributed by atoms with Gasteiger partial charge in [-0.05, 0) is 47.0 Å². The highest BCUT2D eigenvalue weighted by Crippen LogP contribution is 2.54. The van der Waals surface area contributed by atoms with Crippen molar-refractivity contribution in [1.29, 1.82) is 0 Å². The molecule has 27 heavy (non-hydrogen) atoms. The largest absolute Gasteiger partial charge is 0.444 e. The molecule has 0 saturated heterocycles. The van der Waals surface area contributed by atoms with Crippen molar-refractivity contribution >= 4 is 36.0 Å². The van der Waals surface area contributed by atoms with E-state index in [2.05, 4.69) is 27.9 Å². The highest BCUT2D eigenvalue weighted by molar-refractivity contribution is 14.0. The Bertz CT molecular complexity index is 502. The van der Waals surface area contributed by atoms with Gasteiger partial charge >= 0.3 is 6.09 Å². The molecular formula is C19H37IN4O3. The number of nitrogens with one attached hydrogen (secondary N) is 3. The first-order valence-corrected chi connectivity index (χ1v) is 9.86. The lowest BCUT2D eigenvalue weighted by Crippen LogP contribution is -2.65. The molecule has 1 spiro atoms. The Morgan fingerprint density at radius 3 is 2.37 bits per heavy atom. The van der Waals surface area contributed by atoms with Gasteiger partial charge in [0.1, 0.15) is 5.60 Å². The number of alkyl carbamates (subject to hydrolysis) is 1. The summed E-state index contributed by atoms with van der Waals surface area (Å²) in [6.45, 7) is 9.47. The molecule has 0 aromatic rings. The van der Waals surface area contributed by atoms with Gasteiger partial charge < -0.3 is 25.4 Å². The van der Waals surface area contributed by atoms with Crippen LogP contribution in [0.15, 0.2) is 4.99 Å². The number of nitrogens with zero attached hydrogens (tertiary/aromatic N) is 1. The highest BCUT2D eigenvalue weighted by atomic mass is 127. The summed E-state index contributed by atoms with van der Waals surface area (Å²) in [4.78, 5) is 16.0. The Kier molecular flexibility index (Phi) is 9.61. The summed E-state index contributed by atoms with van der Waals surface area (Å²) < 4.78 is 11.2. The van der Waals surface area contributed by atoms with E-state index in [1.165, 1.54) is 25.7 Å². The van der Waals surface area contributed by atoms with Crippen LogP contribution in [-0.2, 0) is 9.47 Å². The normalized spacial score (nSPS) is 24.0. The quantitative estimate of drug-likeness (QED) is 0.228. The van der Waals surface area contributed by atoms with E-state index in [4.69, 9.17) is 9.47 Å². The number of guanidine groups is 1. The van der Waals surface area contributed by atoms with E-state index in [-0.39, 0.29) is 29.4 Å². The number of ether oxygens (including phenoxy) is 2.